The minimum absolute atomic E-state index is 0.0972. The Morgan fingerprint density at radius 3 is 2.82 bits per heavy atom. The Labute approximate surface area is 100 Å². The zero-order chi connectivity index (χ0) is 12.5. The van der Waals surface area contributed by atoms with Crippen molar-refractivity contribution in [2.45, 2.75) is 32.2 Å². The standard InChI is InChI=1S/C13H17FN2O/c1-9-6-10(14)8-11(7-9)16-12(17)13(2)4-3-5-15-13/h6-8,15H,3-5H2,1-2H3,(H,16,17). The summed E-state index contributed by atoms with van der Waals surface area (Å²) in [6.45, 7) is 4.53. The van der Waals surface area contributed by atoms with Crippen LogP contribution in [0, 0.1) is 12.7 Å². The highest BCUT2D eigenvalue weighted by Crippen LogP contribution is 2.21. The summed E-state index contributed by atoms with van der Waals surface area (Å²) in [5.41, 5.74) is 0.785. The van der Waals surface area contributed by atoms with Crippen LogP contribution in [0.3, 0.4) is 0 Å². The van der Waals surface area contributed by atoms with E-state index in [0.717, 1.165) is 24.9 Å². The van der Waals surface area contributed by atoms with E-state index in [2.05, 4.69) is 10.6 Å². The highest BCUT2D eigenvalue weighted by Gasteiger charge is 2.35. The number of anilines is 1. The molecule has 1 saturated heterocycles. The van der Waals surface area contributed by atoms with Crippen molar-refractivity contribution in [2.75, 3.05) is 11.9 Å². The van der Waals surface area contributed by atoms with Crippen molar-refractivity contribution in [3.63, 3.8) is 0 Å². The van der Waals surface area contributed by atoms with Gasteiger partial charge in [-0.25, -0.2) is 4.39 Å². The topological polar surface area (TPSA) is 41.1 Å². The maximum absolute atomic E-state index is 13.2. The predicted octanol–water partition coefficient (Wildman–Crippen LogP) is 2.21. The van der Waals surface area contributed by atoms with Crippen LogP contribution >= 0.6 is 0 Å². The van der Waals surface area contributed by atoms with Crippen LogP contribution < -0.4 is 10.6 Å². The van der Waals surface area contributed by atoms with Crippen molar-refractivity contribution >= 4 is 11.6 Å². The number of amides is 1. The number of nitrogens with one attached hydrogen (secondary N) is 2. The summed E-state index contributed by atoms with van der Waals surface area (Å²) in [4.78, 5) is 12.1. The van der Waals surface area contributed by atoms with Gasteiger partial charge in [-0.15, -0.1) is 0 Å². The molecule has 1 aliphatic rings. The molecule has 0 bridgehead atoms. The molecule has 0 aliphatic carbocycles. The van der Waals surface area contributed by atoms with E-state index < -0.39 is 5.54 Å². The molecule has 0 aromatic heterocycles. The fourth-order valence-corrected chi connectivity index (χ4v) is 2.17. The van der Waals surface area contributed by atoms with Gasteiger partial charge in [0, 0.05) is 5.69 Å². The highest BCUT2D eigenvalue weighted by atomic mass is 19.1. The Balaban J connectivity index is 2.12. The van der Waals surface area contributed by atoms with Gasteiger partial charge in [-0.3, -0.25) is 4.79 Å². The van der Waals surface area contributed by atoms with E-state index in [0.29, 0.717) is 5.69 Å². The van der Waals surface area contributed by atoms with Gasteiger partial charge < -0.3 is 10.6 Å². The van der Waals surface area contributed by atoms with Crippen molar-refractivity contribution in [1.29, 1.82) is 0 Å². The Morgan fingerprint density at radius 1 is 1.47 bits per heavy atom. The van der Waals surface area contributed by atoms with E-state index in [-0.39, 0.29) is 11.7 Å². The molecule has 1 fully saturated rings. The van der Waals surface area contributed by atoms with Crippen molar-refractivity contribution in [3.05, 3.63) is 29.6 Å². The van der Waals surface area contributed by atoms with Crippen molar-refractivity contribution < 1.29 is 9.18 Å². The maximum Gasteiger partial charge on any atom is 0.244 e. The first-order valence-corrected chi connectivity index (χ1v) is 5.83. The van der Waals surface area contributed by atoms with Gasteiger partial charge in [0.25, 0.3) is 0 Å². The summed E-state index contributed by atoms with van der Waals surface area (Å²) in [6.07, 6.45) is 1.80. The van der Waals surface area contributed by atoms with E-state index in [9.17, 15) is 9.18 Å². The van der Waals surface area contributed by atoms with E-state index in [4.69, 9.17) is 0 Å². The summed E-state index contributed by atoms with van der Waals surface area (Å²) < 4.78 is 13.2. The van der Waals surface area contributed by atoms with E-state index in [1.807, 2.05) is 6.92 Å². The lowest BCUT2D eigenvalue weighted by molar-refractivity contribution is -0.121. The van der Waals surface area contributed by atoms with Crippen molar-refractivity contribution in [1.82, 2.24) is 5.32 Å². The number of benzene rings is 1. The minimum Gasteiger partial charge on any atom is -0.324 e. The molecule has 2 rings (SSSR count). The van der Waals surface area contributed by atoms with E-state index >= 15 is 0 Å². The molecule has 92 valence electrons. The van der Waals surface area contributed by atoms with Gasteiger partial charge in [0.05, 0.1) is 5.54 Å². The molecule has 4 heteroatoms. The van der Waals surface area contributed by atoms with Gasteiger partial charge in [0.15, 0.2) is 0 Å². The quantitative estimate of drug-likeness (QED) is 0.826. The minimum atomic E-state index is -0.528. The summed E-state index contributed by atoms with van der Waals surface area (Å²) >= 11 is 0. The van der Waals surface area contributed by atoms with Crippen LogP contribution in [0.5, 0.6) is 0 Å². The fourth-order valence-electron chi connectivity index (χ4n) is 2.17. The number of hydrogen-bond donors (Lipinski definition) is 2. The van der Waals surface area contributed by atoms with Gasteiger partial charge in [-0.05, 0) is 57.0 Å². The number of carbonyl (C=O) groups excluding carboxylic acids is 1. The highest BCUT2D eigenvalue weighted by molar-refractivity contribution is 5.98. The number of aryl methyl sites for hydroxylation is 1. The van der Waals surface area contributed by atoms with Crippen LogP contribution in [-0.2, 0) is 4.79 Å². The maximum atomic E-state index is 13.2. The summed E-state index contributed by atoms with van der Waals surface area (Å²) in [7, 11) is 0. The largest absolute Gasteiger partial charge is 0.324 e. The van der Waals surface area contributed by atoms with Gasteiger partial charge in [-0.1, -0.05) is 0 Å². The second-order valence-electron chi connectivity index (χ2n) is 4.83. The van der Waals surface area contributed by atoms with E-state index in [1.165, 1.54) is 12.1 Å². The zero-order valence-corrected chi connectivity index (χ0v) is 10.1. The lowest BCUT2D eigenvalue weighted by Crippen LogP contribution is -2.47. The van der Waals surface area contributed by atoms with Crippen LogP contribution in [-0.4, -0.2) is 18.0 Å². The molecule has 0 radical (unpaired) electrons. The van der Waals surface area contributed by atoms with Gasteiger partial charge in [0.2, 0.25) is 5.91 Å². The molecular weight excluding hydrogens is 219 g/mol. The summed E-state index contributed by atoms with van der Waals surface area (Å²) in [5.74, 6) is -0.426. The van der Waals surface area contributed by atoms with Crippen LogP contribution in [0.2, 0.25) is 0 Å². The predicted molar refractivity (Wildman–Crippen MR) is 65.4 cm³/mol. The number of hydrogen-bond acceptors (Lipinski definition) is 2. The van der Waals surface area contributed by atoms with Crippen molar-refractivity contribution in [2.24, 2.45) is 0 Å². The van der Waals surface area contributed by atoms with Crippen LogP contribution in [0.15, 0.2) is 18.2 Å². The molecule has 3 nitrogen and oxygen atoms in total. The molecule has 1 unspecified atom stereocenters. The van der Waals surface area contributed by atoms with Gasteiger partial charge in [0.1, 0.15) is 5.82 Å². The van der Waals surface area contributed by atoms with Crippen molar-refractivity contribution in [3.8, 4) is 0 Å². The molecule has 0 saturated carbocycles. The normalized spacial score (nSPS) is 23.7. The van der Waals surface area contributed by atoms with E-state index in [1.54, 1.807) is 13.0 Å². The molecular formula is C13H17FN2O. The average Bonchev–Trinajstić information content (AvgIpc) is 2.64. The Hall–Kier alpha value is -1.42. The number of carbonyl (C=O) groups is 1. The Bertz CT molecular complexity index is 419. The molecule has 1 heterocycles. The second-order valence-corrected chi connectivity index (χ2v) is 4.83. The lowest BCUT2D eigenvalue weighted by atomic mass is 9.99. The number of halogens is 1. The molecule has 0 spiro atoms. The van der Waals surface area contributed by atoms with Gasteiger partial charge >= 0.3 is 0 Å². The molecule has 17 heavy (non-hydrogen) atoms. The van der Waals surface area contributed by atoms with Gasteiger partial charge in [-0.2, -0.15) is 0 Å². The first-order valence-electron chi connectivity index (χ1n) is 5.83. The average molecular weight is 236 g/mol. The monoisotopic (exact) mass is 236 g/mol. The molecule has 1 aromatic rings. The zero-order valence-electron chi connectivity index (χ0n) is 10.1. The number of rotatable bonds is 2. The SMILES string of the molecule is Cc1cc(F)cc(NC(=O)C2(C)CCCN2)c1. The molecule has 1 aliphatic heterocycles. The van der Waals surface area contributed by atoms with Crippen LogP contribution in [0.4, 0.5) is 10.1 Å². The fraction of sp³-hybridized carbons (Fsp3) is 0.462. The van der Waals surface area contributed by atoms with Crippen LogP contribution in [0.25, 0.3) is 0 Å². The first kappa shape index (κ1) is 12.0. The third-order valence-electron chi connectivity index (χ3n) is 3.17. The molecule has 1 aromatic carbocycles. The Morgan fingerprint density at radius 2 is 2.24 bits per heavy atom. The third-order valence-corrected chi connectivity index (χ3v) is 3.17. The second kappa shape index (κ2) is 4.45. The molecule has 1 atom stereocenters. The Kier molecular flexibility index (Phi) is 3.15. The molecule has 2 N–H and O–H groups in total. The third kappa shape index (κ3) is 2.64. The first-order chi connectivity index (χ1) is 7.99. The van der Waals surface area contributed by atoms with Crippen LogP contribution in [0.1, 0.15) is 25.3 Å². The lowest BCUT2D eigenvalue weighted by Gasteiger charge is -2.23. The smallest absolute Gasteiger partial charge is 0.244 e. The summed E-state index contributed by atoms with van der Waals surface area (Å²) in [5, 5.41) is 5.94. The summed E-state index contributed by atoms with van der Waals surface area (Å²) in [6, 6.07) is 4.54. The molecule has 1 amide bonds.